The normalized spacial score (nSPS) is 20.1. The van der Waals surface area contributed by atoms with Gasteiger partial charge in [-0.25, -0.2) is 9.18 Å². The number of thioether (sulfide) groups is 1. The zero-order chi connectivity index (χ0) is 20.4. The van der Waals surface area contributed by atoms with Crippen LogP contribution < -0.4 is 5.32 Å². The largest absolute Gasteiger partial charge is 0.376 e. The number of hydrogen-bond donors (Lipinski definition) is 1. The number of urea groups is 1. The molecule has 0 aliphatic carbocycles. The molecule has 0 unspecified atom stereocenters. The van der Waals surface area contributed by atoms with Gasteiger partial charge in [0, 0.05) is 25.3 Å². The number of imide groups is 1. The highest BCUT2D eigenvalue weighted by Crippen LogP contribution is 2.29. The second-order valence-corrected chi connectivity index (χ2v) is 8.35. The van der Waals surface area contributed by atoms with Crippen LogP contribution >= 0.6 is 11.8 Å². The van der Waals surface area contributed by atoms with Gasteiger partial charge in [-0.15, -0.1) is 10.2 Å². The topological polar surface area (TPSA) is 89.3 Å². The number of halogens is 1. The van der Waals surface area contributed by atoms with E-state index in [0.29, 0.717) is 30.6 Å². The van der Waals surface area contributed by atoms with Crippen LogP contribution in [0.4, 0.5) is 9.18 Å². The molecular formula is C19H22FN5O3S. The van der Waals surface area contributed by atoms with Crippen LogP contribution in [-0.4, -0.2) is 62.7 Å². The summed E-state index contributed by atoms with van der Waals surface area (Å²) in [4.78, 5) is 25.7. The minimum atomic E-state index is -0.507. The average Bonchev–Trinajstić information content (AvgIpc) is 3.45. The van der Waals surface area contributed by atoms with Crippen molar-refractivity contribution in [3.63, 3.8) is 0 Å². The number of benzene rings is 1. The monoisotopic (exact) mass is 419 g/mol. The molecule has 0 radical (unpaired) electrons. The van der Waals surface area contributed by atoms with E-state index in [1.807, 2.05) is 4.57 Å². The Morgan fingerprint density at radius 2 is 2.17 bits per heavy atom. The maximum absolute atomic E-state index is 13.3. The van der Waals surface area contributed by atoms with E-state index in [9.17, 15) is 14.0 Å². The number of ether oxygens (including phenoxy) is 1. The molecule has 1 N–H and O–H groups in total. The molecule has 3 amide bonds. The van der Waals surface area contributed by atoms with Crippen molar-refractivity contribution in [3.8, 4) is 11.4 Å². The van der Waals surface area contributed by atoms with Gasteiger partial charge in [0.2, 0.25) is 5.91 Å². The molecule has 2 fully saturated rings. The summed E-state index contributed by atoms with van der Waals surface area (Å²) < 4.78 is 21.0. The maximum Gasteiger partial charge on any atom is 0.324 e. The third-order valence-electron chi connectivity index (χ3n) is 4.98. The van der Waals surface area contributed by atoms with Crippen LogP contribution in [0.2, 0.25) is 0 Å². The molecule has 1 aromatic carbocycles. The van der Waals surface area contributed by atoms with E-state index in [1.165, 1.54) is 28.8 Å². The van der Waals surface area contributed by atoms with Gasteiger partial charge in [0.15, 0.2) is 11.0 Å². The lowest BCUT2D eigenvalue weighted by atomic mass is 10.2. The molecule has 0 saturated carbocycles. The van der Waals surface area contributed by atoms with Crippen LogP contribution in [0.15, 0.2) is 29.4 Å². The van der Waals surface area contributed by atoms with Crippen LogP contribution in [0, 0.1) is 5.82 Å². The highest BCUT2D eigenvalue weighted by Gasteiger charge is 2.32. The third-order valence-corrected chi connectivity index (χ3v) is 6.05. The highest BCUT2D eigenvalue weighted by atomic mass is 32.2. The molecule has 1 aromatic heterocycles. The van der Waals surface area contributed by atoms with E-state index in [0.717, 1.165) is 25.0 Å². The van der Waals surface area contributed by atoms with Crippen molar-refractivity contribution in [3.05, 3.63) is 30.1 Å². The molecule has 3 heterocycles. The smallest absolute Gasteiger partial charge is 0.324 e. The van der Waals surface area contributed by atoms with E-state index in [1.54, 1.807) is 19.1 Å². The van der Waals surface area contributed by atoms with Gasteiger partial charge in [0.25, 0.3) is 0 Å². The summed E-state index contributed by atoms with van der Waals surface area (Å²) in [6, 6.07) is 5.71. The van der Waals surface area contributed by atoms with Crippen molar-refractivity contribution in [2.24, 2.45) is 0 Å². The van der Waals surface area contributed by atoms with Crippen LogP contribution in [0.3, 0.4) is 0 Å². The van der Waals surface area contributed by atoms with Crippen molar-refractivity contribution >= 4 is 23.7 Å². The molecule has 2 aliphatic heterocycles. The lowest BCUT2D eigenvalue weighted by Crippen LogP contribution is -2.39. The van der Waals surface area contributed by atoms with Crippen molar-refractivity contribution in [1.29, 1.82) is 0 Å². The fraction of sp³-hybridized carbons (Fsp3) is 0.474. The first kappa shape index (κ1) is 19.8. The van der Waals surface area contributed by atoms with E-state index >= 15 is 0 Å². The van der Waals surface area contributed by atoms with Gasteiger partial charge in [0.1, 0.15) is 5.82 Å². The molecule has 4 rings (SSSR count). The number of rotatable bonds is 6. The molecule has 29 heavy (non-hydrogen) atoms. The second-order valence-electron chi connectivity index (χ2n) is 7.04. The summed E-state index contributed by atoms with van der Waals surface area (Å²) >= 11 is 1.26. The average molecular weight is 419 g/mol. The van der Waals surface area contributed by atoms with E-state index in [2.05, 4.69) is 15.5 Å². The quantitative estimate of drug-likeness (QED) is 0.723. The van der Waals surface area contributed by atoms with Crippen LogP contribution in [0.5, 0.6) is 0 Å². The Labute approximate surface area is 171 Å². The molecule has 154 valence electrons. The van der Waals surface area contributed by atoms with Crippen molar-refractivity contribution < 1.29 is 18.7 Å². The van der Waals surface area contributed by atoms with Crippen LogP contribution in [0.25, 0.3) is 11.4 Å². The summed E-state index contributed by atoms with van der Waals surface area (Å²) in [5.41, 5.74) is 0.738. The molecule has 2 aliphatic rings. The Hall–Kier alpha value is -2.46. The number of amides is 3. The number of nitrogens with one attached hydrogen (secondary N) is 1. The number of hydrogen-bond acceptors (Lipinski definition) is 6. The summed E-state index contributed by atoms with van der Waals surface area (Å²) in [5, 5.41) is 11.3. The minimum absolute atomic E-state index is 0.0416. The first-order valence-corrected chi connectivity index (χ1v) is 10.5. The molecule has 0 bridgehead atoms. The van der Waals surface area contributed by atoms with Gasteiger partial charge in [-0.2, -0.15) is 0 Å². The van der Waals surface area contributed by atoms with Crippen molar-refractivity contribution in [2.75, 3.05) is 19.7 Å². The van der Waals surface area contributed by atoms with Gasteiger partial charge in [-0.05, 0) is 44.0 Å². The summed E-state index contributed by atoms with van der Waals surface area (Å²) in [7, 11) is 0. The lowest BCUT2D eigenvalue weighted by molar-refractivity contribution is -0.126. The number of carbonyl (C=O) groups is 2. The van der Waals surface area contributed by atoms with E-state index < -0.39 is 5.25 Å². The molecular weight excluding hydrogens is 397 g/mol. The minimum Gasteiger partial charge on any atom is -0.376 e. The molecule has 8 nitrogen and oxygen atoms in total. The molecule has 10 heteroatoms. The summed E-state index contributed by atoms with van der Waals surface area (Å²) in [6.07, 6.45) is 1.98. The number of aromatic nitrogens is 3. The Kier molecular flexibility index (Phi) is 5.81. The van der Waals surface area contributed by atoms with Gasteiger partial charge >= 0.3 is 6.03 Å². The van der Waals surface area contributed by atoms with E-state index in [4.69, 9.17) is 4.74 Å². The van der Waals surface area contributed by atoms with Crippen LogP contribution in [0.1, 0.15) is 19.8 Å². The first-order chi connectivity index (χ1) is 14.0. The fourth-order valence-electron chi connectivity index (χ4n) is 3.45. The zero-order valence-corrected chi connectivity index (χ0v) is 16.8. The van der Waals surface area contributed by atoms with Gasteiger partial charge in [-0.3, -0.25) is 14.3 Å². The van der Waals surface area contributed by atoms with Crippen molar-refractivity contribution in [1.82, 2.24) is 25.0 Å². The third kappa shape index (κ3) is 4.27. The highest BCUT2D eigenvalue weighted by molar-refractivity contribution is 8.00. The summed E-state index contributed by atoms with van der Waals surface area (Å²) in [6.45, 7) is 3.85. The Morgan fingerprint density at radius 3 is 2.83 bits per heavy atom. The van der Waals surface area contributed by atoms with Gasteiger partial charge in [0.05, 0.1) is 17.9 Å². The second kappa shape index (κ2) is 8.50. The Morgan fingerprint density at radius 1 is 1.38 bits per heavy atom. The first-order valence-electron chi connectivity index (χ1n) is 9.59. The molecule has 2 atom stereocenters. The lowest BCUT2D eigenvalue weighted by Gasteiger charge is -2.19. The summed E-state index contributed by atoms with van der Waals surface area (Å²) in [5.74, 6) is 0.0122. The van der Waals surface area contributed by atoms with Crippen LogP contribution in [-0.2, 0) is 16.1 Å². The predicted molar refractivity (Wildman–Crippen MR) is 105 cm³/mol. The number of nitrogens with zero attached hydrogens (tertiary/aromatic N) is 4. The number of carbonyl (C=O) groups excluding carboxylic acids is 2. The standard InChI is InChI=1S/C19H22FN5O3S/c1-12(17(26)24-9-8-21-18(24)27)29-19-23-22-16(13-4-6-14(20)7-5-13)25(19)11-15-3-2-10-28-15/h4-7,12,15H,2-3,8-11H2,1H3,(H,21,27)/t12-,15+/m0/s1. The molecule has 2 aromatic rings. The fourth-order valence-corrected chi connectivity index (χ4v) is 4.38. The SMILES string of the molecule is C[C@H](Sc1nnc(-c2ccc(F)cc2)n1C[C@H]1CCCO1)C(=O)N1CCNC1=O. The Balaban J connectivity index is 1.59. The Bertz CT molecular complexity index is 898. The molecule has 2 saturated heterocycles. The maximum atomic E-state index is 13.3. The van der Waals surface area contributed by atoms with E-state index in [-0.39, 0.29) is 23.9 Å². The van der Waals surface area contributed by atoms with Gasteiger partial charge in [-0.1, -0.05) is 11.8 Å². The van der Waals surface area contributed by atoms with Crippen molar-refractivity contribution in [2.45, 2.75) is 42.8 Å². The predicted octanol–water partition coefficient (Wildman–Crippen LogP) is 2.30. The molecule has 0 spiro atoms. The van der Waals surface area contributed by atoms with Gasteiger partial charge < -0.3 is 10.1 Å². The zero-order valence-electron chi connectivity index (χ0n) is 16.0.